The van der Waals surface area contributed by atoms with E-state index in [0.29, 0.717) is 6.54 Å². The predicted molar refractivity (Wildman–Crippen MR) is 67.1 cm³/mol. The molecule has 0 atom stereocenters. The number of esters is 1. The minimum absolute atomic E-state index is 0.0537. The van der Waals surface area contributed by atoms with E-state index in [-0.39, 0.29) is 18.6 Å². The lowest BCUT2D eigenvalue weighted by atomic mass is 10.2. The van der Waals surface area contributed by atoms with Crippen molar-refractivity contribution < 1.29 is 9.53 Å². The maximum atomic E-state index is 11.2. The lowest BCUT2D eigenvalue weighted by Gasteiger charge is -2.08. The number of hydrogen-bond acceptors (Lipinski definition) is 3. The summed E-state index contributed by atoms with van der Waals surface area (Å²) in [6.07, 6.45) is -0.0537. The average Bonchev–Trinajstić information content (AvgIpc) is 2.20. The Kier molecular flexibility index (Phi) is 5.49. The lowest BCUT2D eigenvalue weighted by Crippen LogP contribution is -2.26. The molecule has 1 N–H and O–H groups in total. The molecule has 0 amide bonds. The number of benzene rings is 1. The Morgan fingerprint density at radius 2 is 2.00 bits per heavy atom. The highest BCUT2D eigenvalue weighted by Crippen LogP contribution is 2.09. The molecule has 0 aromatic heterocycles. The number of hydrogen-bond donors (Lipinski definition) is 1. The second-order valence-electron chi connectivity index (χ2n) is 3.77. The second-order valence-corrected chi connectivity index (χ2v) is 4.68. The molecule has 1 rings (SSSR count). The van der Waals surface area contributed by atoms with Gasteiger partial charge in [0.05, 0.1) is 12.6 Å². The third kappa shape index (κ3) is 5.28. The Bertz CT molecular complexity index is 335. The van der Waals surface area contributed by atoms with E-state index in [4.69, 9.17) is 4.74 Å². The van der Waals surface area contributed by atoms with Gasteiger partial charge in [-0.1, -0.05) is 28.1 Å². The average molecular weight is 286 g/mol. The number of halogens is 1. The summed E-state index contributed by atoms with van der Waals surface area (Å²) in [6.45, 7) is 4.59. The summed E-state index contributed by atoms with van der Waals surface area (Å²) < 4.78 is 6.05. The molecule has 0 aliphatic rings. The summed E-state index contributed by atoms with van der Waals surface area (Å²) in [7, 11) is 0. The third-order valence-corrected chi connectivity index (χ3v) is 2.41. The SMILES string of the molecule is CC(C)OC(=O)CNCc1ccc(Br)cc1. The maximum Gasteiger partial charge on any atom is 0.320 e. The molecule has 0 radical (unpaired) electrons. The highest BCUT2D eigenvalue weighted by molar-refractivity contribution is 9.10. The van der Waals surface area contributed by atoms with Crippen LogP contribution < -0.4 is 5.32 Å². The van der Waals surface area contributed by atoms with Gasteiger partial charge in [0.15, 0.2) is 0 Å². The van der Waals surface area contributed by atoms with Gasteiger partial charge in [-0.05, 0) is 31.5 Å². The van der Waals surface area contributed by atoms with E-state index in [9.17, 15) is 4.79 Å². The molecule has 0 saturated heterocycles. The Morgan fingerprint density at radius 3 is 2.56 bits per heavy atom. The summed E-state index contributed by atoms with van der Waals surface area (Å²) >= 11 is 3.37. The van der Waals surface area contributed by atoms with Crippen molar-refractivity contribution in [1.29, 1.82) is 0 Å². The van der Waals surface area contributed by atoms with Gasteiger partial charge in [0.1, 0.15) is 0 Å². The first-order chi connectivity index (χ1) is 7.58. The summed E-state index contributed by atoms with van der Waals surface area (Å²) in [4.78, 5) is 11.2. The molecule has 3 nitrogen and oxygen atoms in total. The van der Waals surface area contributed by atoms with Crippen LogP contribution >= 0.6 is 15.9 Å². The van der Waals surface area contributed by atoms with Crippen molar-refractivity contribution in [1.82, 2.24) is 5.32 Å². The molecule has 0 aliphatic heterocycles. The van der Waals surface area contributed by atoms with Gasteiger partial charge in [0, 0.05) is 11.0 Å². The van der Waals surface area contributed by atoms with Gasteiger partial charge in [-0.2, -0.15) is 0 Å². The summed E-state index contributed by atoms with van der Waals surface area (Å²) in [5, 5.41) is 3.04. The van der Waals surface area contributed by atoms with Crippen LogP contribution in [0.15, 0.2) is 28.7 Å². The molecular formula is C12H16BrNO2. The standard InChI is InChI=1S/C12H16BrNO2/c1-9(2)16-12(15)8-14-7-10-3-5-11(13)6-4-10/h3-6,9,14H,7-8H2,1-2H3. The molecular weight excluding hydrogens is 270 g/mol. The first-order valence-corrected chi connectivity index (χ1v) is 6.02. The van der Waals surface area contributed by atoms with Gasteiger partial charge in [-0.3, -0.25) is 4.79 Å². The maximum absolute atomic E-state index is 11.2. The van der Waals surface area contributed by atoms with Crippen LogP contribution in [0.25, 0.3) is 0 Å². The van der Waals surface area contributed by atoms with Crippen LogP contribution in [-0.4, -0.2) is 18.6 Å². The molecule has 4 heteroatoms. The summed E-state index contributed by atoms with van der Waals surface area (Å²) in [5.41, 5.74) is 1.14. The fourth-order valence-corrected chi connectivity index (χ4v) is 1.48. The van der Waals surface area contributed by atoms with Crippen LogP contribution in [0.4, 0.5) is 0 Å². The van der Waals surface area contributed by atoms with E-state index in [2.05, 4.69) is 21.2 Å². The molecule has 0 fully saturated rings. The zero-order valence-corrected chi connectivity index (χ0v) is 11.1. The smallest absolute Gasteiger partial charge is 0.320 e. The molecule has 16 heavy (non-hydrogen) atoms. The van der Waals surface area contributed by atoms with Crippen molar-refractivity contribution in [3.05, 3.63) is 34.3 Å². The first kappa shape index (κ1) is 13.2. The van der Waals surface area contributed by atoms with E-state index in [1.54, 1.807) is 0 Å². The predicted octanol–water partition coefficient (Wildman–Crippen LogP) is 2.49. The largest absolute Gasteiger partial charge is 0.462 e. The second kappa shape index (κ2) is 6.66. The quantitative estimate of drug-likeness (QED) is 0.845. The molecule has 0 saturated carbocycles. The zero-order chi connectivity index (χ0) is 12.0. The molecule has 88 valence electrons. The molecule has 0 heterocycles. The van der Waals surface area contributed by atoms with Crippen LogP contribution in [0, 0.1) is 0 Å². The summed E-state index contributed by atoms with van der Waals surface area (Å²) in [5.74, 6) is -0.216. The lowest BCUT2D eigenvalue weighted by molar-refractivity contribution is -0.146. The van der Waals surface area contributed by atoms with E-state index < -0.39 is 0 Å². The van der Waals surface area contributed by atoms with E-state index in [1.165, 1.54) is 0 Å². The van der Waals surface area contributed by atoms with Crippen molar-refractivity contribution in [2.24, 2.45) is 0 Å². The fraction of sp³-hybridized carbons (Fsp3) is 0.417. The molecule has 1 aromatic carbocycles. The number of ether oxygens (including phenoxy) is 1. The normalized spacial score (nSPS) is 10.5. The van der Waals surface area contributed by atoms with Crippen molar-refractivity contribution >= 4 is 21.9 Å². The van der Waals surface area contributed by atoms with Crippen molar-refractivity contribution in [3.63, 3.8) is 0 Å². The van der Waals surface area contributed by atoms with Gasteiger partial charge >= 0.3 is 5.97 Å². The van der Waals surface area contributed by atoms with Gasteiger partial charge in [0.25, 0.3) is 0 Å². The first-order valence-electron chi connectivity index (χ1n) is 5.22. The molecule has 0 spiro atoms. The van der Waals surface area contributed by atoms with Gasteiger partial charge < -0.3 is 10.1 Å². The Morgan fingerprint density at radius 1 is 1.38 bits per heavy atom. The number of carbonyl (C=O) groups is 1. The Hall–Kier alpha value is -0.870. The van der Waals surface area contributed by atoms with Crippen LogP contribution in [0.1, 0.15) is 19.4 Å². The third-order valence-electron chi connectivity index (χ3n) is 1.88. The van der Waals surface area contributed by atoms with Crippen molar-refractivity contribution in [3.8, 4) is 0 Å². The van der Waals surface area contributed by atoms with Crippen molar-refractivity contribution in [2.75, 3.05) is 6.54 Å². The van der Waals surface area contributed by atoms with Crippen LogP contribution in [0.5, 0.6) is 0 Å². The van der Waals surface area contributed by atoms with Crippen LogP contribution in [0.2, 0.25) is 0 Å². The number of carbonyl (C=O) groups excluding carboxylic acids is 1. The number of nitrogens with one attached hydrogen (secondary N) is 1. The van der Waals surface area contributed by atoms with E-state index in [1.807, 2.05) is 38.1 Å². The molecule has 1 aromatic rings. The van der Waals surface area contributed by atoms with E-state index in [0.717, 1.165) is 10.0 Å². The zero-order valence-electron chi connectivity index (χ0n) is 9.50. The monoisotopic (exact) mass is 285 g/mol. The van der Waals surface area contributed by atoms with E-state index >= 15 is 0 Å². The van der Waals surface area contributed by atoms with Crippen LogP contribution in [-0.2, 0) is 16.1 Å². The Balaban J connectivity index is 2.25. The molecule has 0 aliphatic carbocycles. The fourth-order valence-electron chi connectivity index (χ4n) is 1.22. The molecule has 0 unspecified atom stereocenters. The van der Waals surface area contributed by atoms with Gasteiger partial charge in [-0.15, -0.1) is 0 Å². The van der Waals surface area contributed by atoms with Crippen LogP contribution in [0.3, 0.4) is 0 Å². The minimum atomic E-state index is -0.216. The topological polar surface area (TPSA) is 38.3 Å². The highest BCUT2D eigenvalue weighted by Gasteiger charge is 2.04. The minimum Gasteiger partial charge on any atom is -0.462 e. The molecule has 0 bridgehead atoms. The summed E-state index contributed by atoms with van der Waals surface area (Å²) in [6, 6.07) is 7.96. The van der Waals surface area contributed by atoms with Gasteiger partial charge in [-0.25, -0.2) is 0 Å². The van der Waals surface area contributed by atoms with Crippen molar-refractivity contribution in [2.45, 2.75) is 26.5 Å². The highest BCUT2D eigenvalue weighted by atomic mass is 79.9. The van der Waals surface area contributed by atoms with Gasteiger partial charge in [0.2, 0.25) is 0 Å². The Labute approximate surface area is 104 Å². The number of rotatable bonds is 5.